The van der Waals surface area contributed by atoms with E-state index in [9.17, 15) is 9.59 Å². The van der Waals surface area contributed by atoms with Crippen LogP contribution < -0.4 is 10.1 Å². The average Bonchev–Trinajstić information content (AvgIpc) is 2.84. The first kappa shape index (κ1) is 15.5. The molecule has 8 heteroatoms. The smallest absolute Gasteiger partial charge is 0.325 e. The van der Waals surface area contributed by atoms with E-state index in [0.29, 0.717) is 17.0 Å². The molecule has 0 aromatic carbocycles. The van der Waals surface area contributed by atoms with Crippen molar-refractivity contribution < 1.29 is 19.4 Å². The van der Waals surface area contributed by atoms with Gasteiger partial charge in [0.05, 0.1) is 29.7 Å². The highest BCUT2D eigenvalue weighted by atomic mass is 16.5. The van der Waals surface area contributed by atoms with Gasteiger partial charge in [-0.3, -0.25) is 19.3 Å². The predicted molar refractivity (Wildman–Crippen MR) is 77.8 cm³/mol. The fraction of sp³-hybridized carbons (Fsp3) is 0.286. The zero-order valence-corrected chi connectivity index (χ0v) is 12.2. The van der Waals surface area contributed by atoms with Crippen molar-refractivity contribution in [3.8, 4) is 5.75 Å². The van der Waals surface area contributed by atoms with Gasteiger partial charge < -0.3 is 15.2 Å². The number of ether oxygens (including phenoxy) is 1. The number of carbonyl (C=O) groups is 2. The molecule has 2 aromatic heterocycles. The first-order valence-electron chi connectivity index (χ1n) is 6.61. The lowest BCUT2D eigenvalue weighted by Crippen LogP contribution is -2.13. The lowest BCUT2D eigenvalue weighted by atomic mass is 10.2. The molecule has 0 atom stereocenters. The van der Waals surface area contributed by atoms with Crippen LogP contribution in [0.1, 0.15) is 24.2 Å². The molecule has 116 valence electrons. The van der Waals surface area contributed by atoms with Gasteiger partial charge in [0.1, 0.15) is 12.3 Å². The number of rotatable bonds is 6. The van der Waals surface area contributed by atoms with Gasteiger partial charge in [-0.05, 0) is 19.9 Å². The highest BCUT2D eigenvalue weighted by molar-refractivity contribution is 6.04. The van der Waals surface area contributed by atoms with Crippen molar-refractivity contribution in [3.63, 3.8) is 0 Å². The molecular weight excluding hydrogens is 288 g/mol. The Bertz CT molecular complexity index is 681. The summed E-state index contributed by atoms with van der Waals surface area (Å²) in [6, 6.07) is 1.59. The second-order valence-corrected chi connectivity index (χ2v) is 4.85. The topological polar surface area (TPSA) is 106 Å². The molecule has 0 spiro atoms. The molecule has 0 aliphatic carbocycles. The van der Waals surface area contributed by atoms with Gasteiger partial charge in [-0.15, -0.1) is 0 Å². The van der Waals surface area contributed by atoms with E-state index in [1.54, 1.807) is 6.07 Å². The Morgan fingerprint density at radius 2 is 2.14 bits per heavy atom. The number of aliphatic carboxylic acids is 1. The number of nitrogens with one attached hydrogen (secondary N) is 1. The highest BCUT2D eigenvalue weighted by Gasteiger charge is 2.10. The Morgan fingerprint density at radius 3 is 2.82 bits per heavy atom. The summed E-state index contributed by atoms with van der Waals surface area (Å²) in [5.41, 5.74) is 0.741. The largest absolute Gasteiger partial charge is 0.489 e. The number of anilines is 1. The van der Waals surface area contributed by atoms with Gasteiger partial charge in [-0.25, -0.2) is 0 Å². The Kier molecular flexibility index (Phi) is 4.72. The number of carbonyl (C=O) groups excluding carboxylic acids is 1. The van der Waals surface area contributed by atoms with E-state index >= 15 is 0 Å². The van der Waals surface area contributed by atoms with Gasteiger partial charge in [-0.1, -0.05) is 0 Å². The molecule has 0 saturated heterocycles. The molecule has 2 N–H and O–H groups in total. The molecule has 0 saturated carbocycles. The maximum atomic E-state index is 12.1. The van der Waals surface area contributed by atoms with Crippen LogP contribution in [0.25, 0.3) is 0 Å². The van der Waals surface area contributed by atoms with E-state index in [-0.39, 0.29) is 18.6 Å². The average molecular weight is 304 g/mol. The molecule has 0 aliphatic heterocycles. The molecule has 1 amide bonds. The van der Waals surface area contributed by atoms with Gasteiger partial charge >= 0.3 is 5.97 Å². The summed E-state index contributed by atoms with van der Waals surface area (Å²) in [6.07, 6.45) is 5.75. The van der Waals surface area contributed by atoms with Crippen LogP contribution in [0, 0.1) is 0 Å². The van der Waals surface area contributed by atoms with Crippen molar-refractivity contribution in [1.82, 2.24) is 14.8 Å². The number of hydrogen-bond donors (Lipinski definition) is 2. The molecule has 8 nitrogen and oxygen atoms in total. The standard InChI is InChI=1S/C14H16N4O4/c1-9(2)22-12-3-10(4-15-6-12)14(21)17-11-5-16-18(7-11)8-13(19)20/h3-7,9H,8H2,1-2H3,(H,17,21)(H,19,20). The van der Waals surface area contributed by atoms with Gasteiger partial charge in [0.25, 0.3) is 5.91 Å². The molecule has 0 aliphatic rings. The monoisotopic (exact) mass is 304 g/mol. The summed E-state index contributed by atoms with van der Waals surface area (Å²) >= 11 is 0. The summed E-state index contributed by atoms with van der Waals surface area (Å²) in [4.78, 5) is 26.7. The summed E-state index contributed by atoms with van der Waals surface area (Å²) in [6.45, 7) is 3.49. The third-order valence-electron chi connectivity index (χ3n) is 2.54. The van der Waals surface area contributed by atoms with Crippen molar-refractivity contribution in [2.75, 3.05) is 5.32 Å². The molecule has 2 rings (SSSR count). The van der Waals surface area contributed by atoms with Gasteiger partial charge in [-0.2, -0.15) is 5.10 Å². The van der Waals surface area contributed by atoms with Crippen molar-refractivity contribution in [1.29, 1.82) is 0 Å². The van der Waals surface area contributed by atoms with Crippen molar-refractivity contribution in [2.24, 2.45) is 0 Å². The highest BCUT2D eigenvalue weighted by Crippen LogP contribution is 2.14. The zero-order valence-electron chi connectivity index (χ0n) is 12.2. The van der Waals surface area contributed by atoms with Gasteiger partial charge in [0.2, 0.25) is 0 Å². The minimum atomic E-state index is -1.01. The van der Waals surface area contributed by atoms with Crippen molar-refractivity contribution in [2.45, 2.75) is 26.5 Å². The van der Waals surface area contributed by atoms with Gasteiger partial charge in [0.15, 0.2) is 0 Å². The molecule has 0 unspecified atom stereocenters. The Hall–Kier alpha value is -2.90. The molecule has 0 bridgehead atoms. The van der Waals surface area contributed by atoms with E-state index in [0.717, 1.165) is 0 Å². The quantitative estimate of drug-likeness (QED) is 0.835. The van der Waals surface area contributed by atoms with E-state index < -0.39 is 5.97 Å². The number of aromatic nitrogens is 3. The second kappa shape index (κ2) is 6.70. The molecule has 22 heavy (non-hydrogen) atoms. The van der Waals surface area contributed by atoms with Crippen LogP contribution in [0.2, 0.25) is 0 Å². The van der Waals surface area contributed by atoms with Crippen LogP contribution >= 0.6 is 0 Å². The maximum Gasteiger partial charge on any atom is 0.325 e. The SMILES string of the molecule is CC(C)Oc1cncc(C(=O)Nc2cnn(CC(=O)O)c2)c1. The summed E-state index contributed by atoms with van der Waals surface area (Å²) in [5, 5.41) is 15.1. The number of pyridine rings is 1. The third kappa shape index (κ3) is 4.30. The second-order valence-electron chi connectivity index (χ2n) is 4.85. The van der Waals surface area contributed by atoms with Crippen molar-refractivity contribution >= 4 is 17.6 Å². The Balaban J connectivity index is 2.05. The molecule has 0 fully saturated rings. The van der Waals surface area contributed by atoms with Crippen LogP contribution in [0.3, 0.4) is 0 Å². The van der Waals surface area contributed by atoms with Crippen LogP contribution in [0.4, 0.5) is 5.69 Å². The van der Waals surface area contributed by atoms with Crippen LogP contribution in [-0.2, 0) is 11.3 Å². The fourth-order valence-corrected chi connectivity index (χ4v) is 1.74. The number of amides is 1. The number of nitrogens with zero attached hydrogens (tertiary/aromatic N) is 3. The summed E-state index contributed by atoms with van der Waals surface area (Å²) < 4.78 is 6.70. The van der Waals surface area contributed by atoms with E-state index in [1.807, 2.05) is 13.8 Å². The van der Waals surface area contributed by atoms with Crippen LogP contribution in [-0.4, -0.2) is 37.9 Å². The lowest BCUT2D eigenvalue weighted by molar-refractivity contribution is -0.137. The third-order valence-corrected chi connectivity index (χ3v) is 2.54. The summed E-state index contributed by atoms with van der Waals surface area (Å²) in [5.74, 6) is -0.885. The van der Waals surface area contributed by atoms with E-state index in [2.05, 4.69) is 15.4 Å². The van der Waals surface area contributed by atoms with Crippen LogP contribution in [0.5, 0.6) is 5.75 Å². The number of carboxylic acid groups (broad SMARTS) is 1. The lowest BCUT2D eigenvalue weighted by Gasteiger charge is -2.10. The Morgan fingerprint density at radius 1 is 1.36 bits per heavy atom. The minimum absolute atomic E-state index is 0.0191. The van der Waals surface area contributed by atoms with Crippen LogP contribution in [0.15, 0.2) is 30.9 Å². The number of hydrogen-bond acceptors (Lipinski definition) is 5. The van der Waals surface area contributed by atoms with E-state index in [1.165, 1.54) is 29.5 Å². The summed E-state index contributed by atoms with van der Waals surface area (Å²) in [7, 11) is 0. The molecule has 2 aromatic rings. The molecular formula is C14H16N4O4. The molecule has 2 heterocycles. The predicted octanol–water partition coefficient (Wildman–Crippen LogP) is 1.40. The fourth-order valence-electron chi connectivity index (χ4n) is 1.74. The maximum absolute atomic E-state index is 12.1. The normalized spacial score (nSPS) is 10.5. The Labute approximate surface area is 126 Å². The number of carboxylic acids is 1. The van der Waals surface area contributed by atoms with Gasteiger partial charge in [0, 0.05) is 12.4 Å². The van der Waals surface area contributed by atoms with Crippen molar-refractivity contribution in [3.05, 3.63) is 36.4 Å². The first-order chi connectivity index (χ1) is 10.4. The zero-order chi connectivity index (χ0) is 16.1. The van der Waals surface area contributed by atoms with E-state index in [4.69, 9.17) is 9.84 Å². The minimum Gasteiger partial charge on any atom is -0.489 e. The molecule has 0 radical (unpaired) electrons. The first-order valence-corrected chi connectivity index (χ1v) is 6.61.